The topological polar surface area (TPSA) is 81.1 Å². The molecule has 0 amide bonds. The molecule has 1 aromatic heterocycles. The highest BCUT2D eigenvalue weighted by atomic mass is 16.5. The maximum atomic E-state index is 11.8. The summed E-state index contributed by atoms with van der Waals surface area (Å²) in [6.45, 7) is 0.675. The molecule has 1 saturated heterocycles. The number of nitrogens with zero attached hydrogens (tertiary/aromatic N) is 2. The zero-order valence-corrected chi connectivity index (χ0v) is 15.7. The number of methoxy groups -OCH3 is 3. The highest BCUT2D eigenvalue weighted by molar-refractivity contribution is 5.74. The Morgan fingerprint density at radius 2 is 1.96 bits per heavy atom. The Bertz CT molecular complexity index is 796. The average Bonchev–Trinajstić information content (AvgIpc) is 3.18. The molecule has 0 bridgehead atoms. The fourth-order valence-electron chi connectivity index (χ4n) is 3.79. The molecule has 0 radical (unpaired) electrons. The van der Waals surface area contributed by atoms with Gasteiger partial charge in [-0.05, 0) is 36.6 Å². The largest absolute Gasteiger partial charge is 0.493 e. The summed E-state index contributed by atoms with van der Waals surface area (Å²) in [7, 11) is 4.69. The Morgan fingerprint density at radius 1 is 1.19 bits per heavy atom. The van der Waals surface area contributed by atoms with Gasteiger partial charge in [-0.15, -0.1) is 0 Å². The lowest BCUT2D eigenvalue weighted by atomic mass is 9.96. The number of carbonyl (C=O) groups is 1. The number of aliphatic carboxylic acids is 1. The van der Waals surface area contributed by atoms with Gasteiger partial charge in [-0.1, -0.05) is 6.07 Å². The molecule has 2 aromatic rings. The number of hydrogen-bond acceptors (Lipinski definition) is 6. The van der Waals surface area contributed by atoms with E-state index in [9.17, 15) is 9.90 Å². The van der Waals surface area contributed by atoms with Crippen LogP contribution in [-0.4, -0.2) is 54.9 Å². The van der Waals surface area contributed by atoms with E-state index in [0.29, 0.717) is 30.2 Å². The summed E-state index contributed by atoms with van der Waals surface area (Å²) in [6, 6.07) is 6.62. The molecule has 2 atom stereocenters. The Labute approximate surface area is 158 Å². The van der Waals surface area contributed by atoms with Crippen LogP contribution < -0.4 is 14.2 Å². The minimum atomic E-state index is -0.819. The third kappa shape index (κ3) is 3.55. The molecule has 1 aliphatic heterocycles. The van der Waals surface area contributed by atoms with Crippen LogP contribution >= 0.6 is 0 Å². The van der Waals surface area contributed by atoms with Crippen molar-refractivity contribution in [2.75, 3.05) is 27.9 Å². The van der Waals surface area contributed by atoms with E-state index in [0.717, 1.165) is 17.5 Å². The first-order chi connectivity index (χ1) is 13.1. The van der Waals surface area contributed by atoms with E-state index in [1.807, 2.05) is 29.2 Å². The van der Waals surface area contributed by atoms with Crippen molar-refractivity contribution in [1.82, 2.24) is 9.88 Å². The van der Waals surface area contributed by atoms with Crippen molar-refractivity contribution in [1.29, 1.82) is 0 Å². The summed E-state index contributed by atoms with van der Waals surface area (Å²) in [5, 5.41) is 9.70. The van der Waals surface area contributed by atoms with Crippen LogP contribution in [0.4, 0.5) is 0 Å². The molecule has 1 N–H and O–H groups in total. The van der Waals surface area contributed by atoms with Gasteiger partial charge in [0.15, 0.2) is 11.5 Å². The van der Waals surface area contributed by atoms with Gasteiger partial charge in [-0.2, -0.15) is 0 Å². The zero-order chi connectivity index (χ0) is 19.4. The summed E-state index contributed by atoms with van der Waals surface area (Å²) in [4.78, 5) is 18.0. The highest BCUT2D eigenvalue weighted by Crippen LogP contribution is 2.46. The lowest BCUT2D eigenvalue weighted by Crippen LogP contribution is -2.39. The number of likely N-dealkylation sites (tertiary alicyclic amines) is 1. The normalized spacial score (nSPS) is 18.1. The van der Waals surface area contributed by atoms with Gasteiger partial charge in [0.25, 0.3) is 0 Å². The second-order valence-corrected chi connectivity index (χ2v) is 6.35. The maximum absolute atomic E-state index is 11.8. The summed E-state index contributed by atoms with van der Waals surface area (Å²) in [5.41, 5.74) is 1.72. The van der Waals surface area contributed by atoms with Crippen LogP contribution in [0.3, 0.4) is 0 Å². The van der Waals surface area contributed by atoms with Crippen LogP contribution in [0.15, 0.2) is 36.7 Å². The molecular weight excluding hydrogens is 348 g/mol. The van der Waals surface area contributed by atoms with Crippen LogP contribution in [0.2, 0.25) is 0 Å². The van der Waals surface area contributed by atoms with Crippen molar-refractivity contribution in [3.8, 4) is 17.2 Å². The molecule has 1 aliphatic rings. The van der Waals surface area contributed by atoms with E-state index in [1.165, 1.54) is 0 Å². The van der Waals surface area contributed by atoms with Crippen molar-refractivity contribution in [2.24, 2.45) is 0 Å². The fraction of sp³-hybridized carbons (Fsp3) is 0.400. The van der Waals surface area contributed by atoms with Crippen LogP contribution in [0.25, 0.3) is 0 Å². The van der Waals surface area contributed by atoms with Crippen LogP contribution in [0.5, 0.6) is 17.2 Å². The van der Waals surface area contributed by atoms with Gasteiger partial charge in [-0.3, -0.25) is 14.7 Å². The van der Waals surface area contributed by atoms with Crippen LogP contribution in [-0.2, 0) is 4.79 Å². The van der Waals surface area contributed by atoms with E-state index < -0.39 is 12.0 Å². The van der Waals surface area contributed by atoms with Crippen LogP contribution in [0.1, 0.15) is 30.0 Å². The van der Waals surface area contributed by atoms with Crippen molar-refractivity contribution in [3.63, 3.8) is 0 Å². The molecule has 0 spiro atoms. The lowest BCUT2D eigenvalue weighted by molar-refractivity contribution is -0.142. The van der Waals surface area contributed by atoms with Gasteiger partial charge >= 0.3 is 5.97 Å². The molecule has 27 heavy (non-hydrogen) atoms. The first kappa shape index (κ1) is 19.0. The molecule has 2 unspecified atom stereocenters. The highest BCUT2D eigenvalue weighted by Gasteiger charge is 2.38. The minimum absolute atomic E-state index is 0.322. The van der Waals surface area contributed by atoms with Gasteiger partial charge in [0, 0.05) is 24.5 Å². The Morgan fingerprint density at radius 3 is 2.56 bits per heavy atom. The van der Waals surface area contributed by atoms with E-state index in [4.69, 9.17) is 14.2 Å². The van der Waals surface area contributed by atoms with Crippen molar-refractivity contribution in [3.05, 3.63) is 47.8 Å². The third-order valence-electron chi connectivity index (χ3n) is 4.94. The number of pyridine rings is 1. The number of rotatable bonds is 7. The predicted molar refractivity (Wildman–Crippen MR) is 99.5 cm³/mol. The molecule has 7 heteroatoms. The summed E-state index contributed by atoms with van der Waals surface area (Å²) < 4.78 is 16.6. The van der Waals surface area contributed by atoms with E-state index in [2.05, 4.69) is 4.98 Å². The molecular formula is C20H24N2O5. The molecule has 0 aliphatic carbocycles. The number of carboxylic acid groups (broad SMARTS) is 1. The van der Waals surface area contributed by atoms with Gasteiger partial charge in [0.1, 0.15) is 6.04 Å². The first-order valence-corrected chi connectivity index (χ1v) is 8.79. The molecule has 1 fully saturated rings. The zero-order valence-electron chi connectivity index (χ0n) is 15.7. The molecule has 0 saturated carbocycles. The Balaban J connectivity index is 2.19. The summed E-state index contributed by atoms with van der Waals surface area (Å²) in [5.74, 6) is 0.749. The first-order valence-electron chi connectivity index (χ1n) is 8.79. The quantitative estimate of drug-likeness (QED) is 0.800. The van der Waals surface area contributed by atoms with Crippen molar-refractivity contribution >= 4 is 5.97 Å². The molecule has 1 aromatic carbocycles. The molecule has 144 valence electrons. The number of aromatic nitrogens is 1. The third-order valence-corrected chi connectivity index (χ3v) is 4.94. The molecule has 2 heterocycles. The number of benzene rings is 1. The predicted octanol–water partition coefficient (Wildman–Crippen LogP) is 2.75. The van der Waals surface area contributed by atoms with E-state index >= 15 is 0 Å². The standard InChI is InChI=1S/C20H24N2O5/c1-25-16-9-8-14(18(26-2)19(16)27-3)17(13-6-4-10-21-12-13)22-11-5-7-15(22)20(23)24/h4,6,8-10,12,15,17H,5,7,11H2,1-3H3,(H,23,24). The Hall–Kier alpha value is -2.80. The van der Waals surface area contributed by atoms with Crippen LogP contribution in [0, 0.1) is 0 Å². The lowest BCUT2D eigenvalue weighted by Gasteiger charge is -2.33. The van der Waals surface area contributed by atoms with Crippen molar-refractivity contribution in [2.45, 2.75) is 24.9 Å². The van der Waals surface area contributed by atoms with Crippen molar-refractivity contribution < 1.29 is 24.1 Å². The Kier molecular flexibility index (Phi) is 5.81. The summed E-state index contributed by atoms with van der Waals surface area (Å²) >= 11 is 0. The minimum Gasteiger partial charge on any atom is -0.493 e. The van der Waals surface area contributed by atoms with Gasteiger partial charge < -0.3 is 19.3 Å². The van der Waals surface area contributed by atoms with Gasteiger partial charge in [-0.25, -0.2) is 0 Å². The molecule has 7 nitrogen and oxygen atoms in total. The average molecular weight is 372 g/mol. The smallest absolute Gasteiger partial charge is 0.320 e. The monoisotopic (exact) mass is 372 g/mol. The second-order valence-electron chi connectivity index (χ2n) is 6.35. The van der Waals surface area contributed by atoms with Gasteiger partial charge in [0.05, 0.1) is 27.4 Å². The number of carboxylic acids is 1. The molecule has 3 rings (SSSR count). The van der Waals surface area contributed by atoms with E-state index in [-0.39, 0.29) is 6.04 Å². The number of hydrogen-bond donors (Lipinski definition) is 1. The fourth-order valence-corrected chi connectivity index (χ4v) is 3.79. The van der Waals surface area contributed by atoms with E-state index in [1.54, 1.807) is 33.7 Å². The second kappa shape index (κ2) is 8.26. The SMILES string of the molecule is COc1ccc(C(c2cccnc2)N2CCCC2C(=O)O)c(OC)c1OC. The number of ether oxygens (including phenoxy) is 3. The van der Waals surface area contributed by atoms with Gasteiger partial charge in [0.2, 0.25) is 5.75 Å². The maximum Gasteiger partial charge on any atom is 0.320 e. The summed E-state index contributed by atoms with van der Waals surface area (Å²) in [6.07, 6.45) is 4.90.